The summed E-state index contributed by atoms with van der Waals surface area (Å²) in [5.41, 5.74) is 1.10. The van der Waals surface area contributed by atoms with Crippen LogP contribution in [0, 0.1) is 0 Å². The van der Waals surface area contributed by atoms with Gasteiger partial charge in [0.1, 0.15) is 0 Å². The Kier molecular flexibility index (Phi) is 7.53. The number of halogens is 1. The molecule has 0 bridgehead atoms. The minimum Gasteiger partial charge on any atom is -0.355 e. The van der Waals surface area contributed by atoms with Gasteiger partial charge in [-0.1, -0.05) is 37.6 Å². The van der Waals surface area contributed by atoms with Gasteiger partial charge < -0.3 is 10.2 Å². The molecule has 1 aromatic carbocycles. The SMILES string of the molecule is CCN(CC)CCNC(=O)CCc1cccc(Cl)c1. The molecule has 0 heterocycles. The maximum absolute atomic E-state index is 11.7. The molecule has 0 aromatic heterocycles. The summed E-state index contributed by atoms with van der Waals surface area (Å²) in [6.45, 7) is 7.94. The Hall–Kier alpha value is -1.06. The van der Waals surface area contributed by atoms with Crippen LogP contribution in [0.15, 0.2) is 24.3 Å². The monoisotopic (exact) mass is 282 g/mol. The van der Waals surface area contributed by atoms with Gasteiger partial charge in [-0.05, 0) is 37.2 Å². The number of amides is 1. The number of carbonyl (C=O) groups excluding carboxylic acids is 1. The second-order valence-corrected chi connectivity index (χ2v) is 4.94. The summed E-state index contributed by atoms with van der Waals surface area (Å²) in [6, 6.07) is 7.66. The van der Waals surface area contributed by atoms with Crippen LogP contribution in [0.25, 0.3) is 0 Å². The Morgan fingerprint density at radius 2 is 2.05 bits per heavy atom. The summed E-state index contributed by atoms with van der Waals surface area (Å²) in [6.07, 6.45) is 1.25. The lowest BCUT2D eigenvalue weighted by Crippen LogP contribution is -2.34. The van der Waals surface area contributed by atoms with Crippen LogP contribution in [0.3, 0.4) is 0 Å². The van der Waals surface area contributed by atoms with E-state index in [-0.39, 0.29) is 5.91 Å². The van der Waals surface area contributed by atoms with Crippen LogP contribution < -0.4 is 5.32 Å². The predicted octanol–water partition coefficient (Wildman–Crippen LogP) is 2.73. The van der Waals surface area contributed by atoms with E-state index in [0.717, 1.165) is 43.2 Å². The molecular weight excluding hydrogens is 260 g/mol. The Morgan fingerprint density at radius 3 is 2.68 bits per heavy atom. The molecule has 1 N–H and O–H groups in total. The minimum absolute atomic E-state index is 0.104. The van der Waals surface area contributed by atoms with Gasteiger partial charge >= 0.3 is 0 Å². The lowest BCUT2D eigenvalue weighted by atomic mass is 10.1. The highest BCUT2D eigenvalue weighted by molar-refractivity contribution is 6.30. The van der Waals surface area contributed by atoms with Gasteiger partial charge in [-0.3, -0.25) is 4.79 Å². The third kappa shape index (κ3) is 6.60. The summed E-state index contributed by atoms with van der Waals surface area (Å²) in [5.74, 6) is 0.104. The normalized spacial score (nSPS) is 10.7. The lowest BCUT2D eigenvalue weighted by Gasteiger charge is -2.17. The van der Waals surface area contributed by atoms with Crippen molar-refractivity contribution in [3.8, 4) is 0 Å². The third-order valence-corrected chi connectivity index (χ3v) is 3.41. The summed E-state index contributed by atoms with van der Waals surface area (Å²) < 4.78 is 0. The zero-order chi connectivity index (χ0) is 14.1. The van der Waals surface area contributed by atoms with Crippen molar-refractivity contribution in [2.45, 2.75) is 26.7 Å². The highest BCUT2D eigenvalue weighted by Gasteiger charge is 2.03. The van der Waals surface area contributed by atoms with E-state index in [2.05, 4.69) is 24.1 Å². The molecule has 0 spiro atoms. The van der Waals surface area contributed by atoms with Gasteiger partial charge in [0.25, 0.3) is 0 Å². The molecule has 0 aliphatic carbocycles. The summed E-state index contributed by atoms with van der Waals surface area (Å²) in [5, 5.41) is 3.67. The Bertz CT molecular complexity index is 391. The molecule has 0 aliphatic rings. The summed E-state index contributed by atoms with van der Waals surface area (Å²) in [4.78, 5) is 14.0. The average molecular weight is 283 g/mol. The Morgan fingerprint density at radius 1 is 1.32 bits per heavy atom. The molecule has 1 aromatic rings. The summed E-state index contributed by atoms with van der Waals surface area (Å²) >= 11 is 5.90. The Labute approximate surface area is 120 Å². The average Bonchev–Trinajstić information content (AvgIpc) is 2.41. The molecular formula is C15H23ClN2O. The third-order valence-electron chi connectivity index (χ3n) is 3.17. The van der Waals surface area contributed by atoms with E-state index in [9.17, 15) is 4.79 Å². The molecule has 106 valence electrons. The molecule has 1 rings (SSSR count). The van der Waals surface area contributed by atoms with E-state index < -0.39 is 0 Å². The molecule has 19 heavy (non-hydrogen) atoms. The van der Waals surface area contributed by atoms with Crippen molar-refractivity contribution in [3.63, 3.8) is 0 Å². The number of hydrogen-bond donors (Lipinski definition) is 1. The number of benzene rings is 1. The van der Waals surface area contributed by atoms with E-state index in [4.69, 9.17) is 11.6 Å². The molecule has 4 heteroatoms. The van der Waals surface area contributed by atoms with Crippen molar-refractivity contribution in [1.29, 1.82) is 0 Å². The number of carbonyl (C=O) groups is 1. The van der Waals surface area contributed by atoms with Crippen molar-refractivity contribution in [2.75, 3.05) is 26.2 Å². The van der Waals surface area contributed by atoms with Crippen molar-refractivity contribution in [2.24, 2.45) is 0 Å². The number of nitrogens with zero attached hydrogens (tertiary/aromatic N) is 1. The van der Waals surface area contributed by atoms with Gasteiger partial charge in [-0.25, -0.2) is 0 Å². The highest BCUT2D eigenvalue weighted by Crippen LogP contribution is 2.11. The zero-order valence-electron chi connectivity index (χ0n) is 11.8. The van der Waals surface area contributed by atoms with Gasteiger partial charge in [0.15, 0.2) is 0 Å². The van der Waals surface area contributed by atoms with E-state index in [1.54, 1.807) is 0 Å². The lowest BCUT2D eigenvalue weighted by molar-refractivity contribution is -0.121. The zero-order valence-corrected chi connectivity index (χ0v) is 12.5. The largest absolute Gasteiger partial charge is 0.355 e. The molecule has 1 amide bonds. The first kappa shape index (κ1) is 16.0. The van der Waals surface area contributed by atoms with E-state index in [1.165, 1.54) is 0 Å². The fraction of sp³-hybridized carbons (Fsp3) is 0.533. The second kappa shape index (κ2) is 8.94. The molecule has 0 unspecified atom stereocenters. The smallest absolute Gasteiger partial charge is 0.220 e. The van der Waals surface area contributed by atoms with Gasteiger partial charge in [0.2, 0.25) is 5.91 Å². The van der Waals surface area contributed by atoms with Crippen LogP contribution in [0.2, 0.25) is 5.02 Å². The standard InChI is InChI=1S/C15H23ClN2O/c1-3-18(4-2)11-10-17-15(19)9-8-13-6-5-7-14(16)12-13/h5-7,12H,3-4,8-11H2,1-2H3,(H,17,19). The molecule has 3 nitrogen and oxygen atoms in total. The fourth-order valence-electron chi connectivity index (χ4n) is 1.93. The molecule has 0 atom stereocenters. The maximum Gasteiger partial charge on any atom is 0.220 e. The molecule has 0 saturated carbocycles. The van der Waals surface area contributed by atoms with Crippen molar-refractivity contribution < 1.29 is 4.79 Å². The quantitative estimate of drug-likeness (QED) is 0.795. The predicted molar refractivity (Wildman–Crippen MR) is 80.6 cm³/mol. The first-order valence-corrected chi connectivity index (χ1v) is 7.27. The first-order valence-electron chi connectivity index (χ1n) is 6.89. The molecule has 0 aliphatic heterocycles. The van der Waals surface area contributed by atoms with Gasteiger partial charge in [0, 0.05) is 24.5 Å². The number of hydrogen-bond acceptors (Lipinski definition) is 2. The number of nitrogens with one attached hydrogen (secondary N) is 1. The maximum atomic E-state index is 11.7. The van der Waals surface area contributed by atoms with Crippen LogP contribution in [0.5, 0.6) is 0 Å². The van der Waals surface area contributed by atoms with E-state index >= 15 is 0 Å². The molecule has 0 fully saturated rings. The van der Waals surface area contributed by atoms with Crippen LogP contribution in [0.1, 0.15) is 25.8 Å². The fourth-order valence-corrected chi connectivity index (χ4v) is 2.14. The van der Waals surface area contributed by atoms with Gasteiger partial charge in [0.05, 0.1) is 0 Å². The topological polar surface area (TPSA) is 32.3 Å². The van der Waals surface area contributed by atoms with Crippen molar-refractivity contribution in [3.05, 3.63) is 34.9 Å². The first-order chi connectivity index (χ1) is 9.15. The van der Waals surface area contributed by atoms with Crippen molar-refractivity contribution >= 4 is 17.5 Å². The molecule has 0 saturated heterocycles. The van der Waals surface area contributed by atoms with Crippen LogP contribution in [0.4, 0.5) is 0 Å². The molecule has 0 radical (unpaired) electrons. The Balaban J connectivity index is 2.21. The van der Waals surface area contributed by atoms with E-state index in [0.29, 0.717) is 6.42 Å². The van der Waals surface area contributed by atoms with Crippen LogP contribution >= 0.6 is 11.6 Å². The van der Waals surface area contributed by atoms with Crippen LogP contribution in [-0.2, 0) is 11.2 Å². The second-order valence-electron chi connectivity index (χ2n) is 4.51. The number of rotatable bonds is 8. The minimum atomic E-state index is 0.104. The van der Waals surface area contributed by atoms with E-state index in [1.807, 2.05) is 24.3 Å². The van der Waals surface area contributed by atoms with Gasteiger partial charge in [-0.15, -0.1) is 0 Å². The van der Waals surface area contributed by atoms with Gasteiger partial charge in [-0.2, -0.15) is 0 Å². The van der Waals surface area contributed by atoms with Crippen molar-refractivity contribution in [1.82, 2.24) is 10.2 Å². The number of aryl methyl sites for hydroxylation is 1. The van der Waals surface area contributed by atoms with Crippen LogP contribution in [-0.4, -0.2) is 37.0 Å². The summed E-state index contributed by atoms with van der Waals surface area (Å²) in [7, 11) is 0. The highest BCUT2D eigenvalue weighted by atomic mass is 35.5. The number of likely N-dealkylation sites (N-methyl/N-ethyl adjacent to an activating group) is 1.